The normalized spacial score (nSPS) is 21.1. The van der Waals surface area contributed by atoms with E-state index in [4.69, 9.17) is 4.74 Å². The highest BCUT2D eigenvalue weighted by molar-refractivity contribution is 5.79. The van der Waals surface area contributed by atoms with Crippen LogP contribution in [0.15, 0.2) is 42.5 Å². The van der Waals surface area contributed by atoms with Crippen LogP contribution in [0, 0.1) is 0 Å². The first-order valence-corrected chi connectivity index (χ1v) is 10.4. The van der Waals surface area contributed by atoms with Crippen molar-refractivity contribution in [1.29, 1.82) is 0 Å². The summed E-state index contributed by atoms with van der Waals surface area (Å²) in [4.78, 5) is 25.9. The van der Waals surface area contributed by atoms with Crippen molar-refractivity contribution < 1.29 is 14.3 Å². The first kappa shape index (κ1) is 19.5. The molecule has 0 aliphatic carbocycles. The topological polar surface area (TPSA) is 58.6 Å². The summed E-state index contributed by atoms with van der Waals surface area (Å²) in [6, 6.07) is 14.3. The highest BCUT2D eigenvalue weighted by atomic mass is 16.5. The van der Waals surface area contributed by atoms with Crippen LogP contribution in [-0.2, 0) is 9.59 Å². The smallest absolute Gasteiger partial charge is 0.308 e. The molecule has 2 aromatic rings. The number of carbonyl (C=O) groups is 2. The monoisotopic (exact) mass is 392 g/mol. The lowest BCUT2D eigenvalue weighted by Crippen LogP contribution is -2.35. The van der Waals surface area contributed by atoms with Crippen molar-refractivity contribution >= 4 is 17.6 Å². The summed E-state index contributed by atoms with van der Waals surface area (Å²) in [7, 11) is 0. The van der Waals surface area contributed by atoms with Crippen molar-refractivity contribution in [2.45, 2.75) is 58.0 Å². The van der Waals surface area contributed by atoms with Gasteiger partial charge in [0.05, 0.1) is 12.1 Å². The second-order valence-electron chi connectivity index (χ2n) is 8.31. The van der Waals surface area contributed by atoms with Crippen LogP contribution in [0.4, 0.5) is 5.69 Å². The van der Waals surface area contributed by atoms with Gasteiger partial charge in [0, 0.05) is 25.6 Å². The zero-order chi connectivity index (χ0) is 20.5. The summed E-state index contributed by atoms with van der Waals surface area (Å²) in [5.41, 5.74) is 4.63. The van der Waals surface area contributed by atoms with Crippen molar-refractivity contribution in [3.63, 3.8) is 0 Å². The summed E-state index contributed by atoms with van der Waals surface area (Å²) in [5.74, 6) is 0.899. The third-order valence-corrected chi connectivity index (χ3v) is 5.90. The molecule has 2 atom stereocenters. The maximum Gasteiger partial charge on any atom is 0.308 e. The molecule has 0 radical (unpaired) electrons. The molecule has 1 fully saturated rings. The van der Waals surface area contributed by atoms with E-state index in [2.05, 4.69) is 37.4 Å². The Morgan fingerprint density at radius 3 is 2.72 bits per heavy atom. The number of rotatable bonds is 4. The van der Waals surface area contributed by atoms with Gasteiger partial charge in [-0.05, 0) is 53.6 Å². The minimum Gasteiger partial charge on any atom is -0.427 e. The summed E-state index contributed by atoms with van der Waals surface area (Å²) >= 11 is 0. The van der Waals surface area contributed by atoms with E-state index in [1.165, 1.54) is 18.1 Å². The minimum atomic E-state index is -0.328. The zero-order valence-electron chi connectivity index (χ0n) is 17.3. The van der Waals surface area contributed by atoms with E-state index in [0.29, 0.717) is 18.1 Å². The largest absolute Gasteiger partial charge is 0.427 e. The fourth-order valence-electron chi connectivity index (χ4n) is 4.42. The van der Waals surface area contributed by atoms with Gasteiger partial charge in [-0.2, -0.15) is 0 Å². The van der Waals surface area contributed by atoms with Crippen LogP contribution >= 0.6 is 0 Å². The Bertz CT molecular complexity index is 937. The van der Waals surface area contributed by atoms with Crippen LogP contribution in [0.1, 0.15) is 74.7 Å². The van der Waals surface area contributed by atoms with E-state index in [0.717, 1.165) is 30.6 Å². The van der Waals surface area contributed by atoms with Crippen LogP contribution in [0.2, 0.25) is 0 Å². The first-order valence-electron chi connectivity index (χ1n) is 10.4. The Hall–Kier alpha value is -2.82. The molecule has 0 saturated carbocycles. The standard InChI is InChI=1S/C24H28N2O3/c1-15(2)17-9-10-21-20(13-17)23(26-11-5-8-24(26)28)14-22(25-21)18-6-4-7-19(12-18)29-16(3)27/h4,6-7,9-10,12-13,15,22-23,25H,5,8,11,14H2,1-3H3. The average molecular weight is 392 g/mol. The lowest BCUT2D eigenvalue weighted by molar-refractivity contribution is -0.132. The average Bonchev–Trinajstić information content (AvgIpc) is 3.12. The number of nitrogens with one attached hydrogen (secondary N) is 1. The Kier molecular flexibility index (Phi) is 5.31. The Morgan fingerprint density at radius 2 is 2.03 bits per heavy atom. The van der Waals surface area contributed by atoms with Crippen molar-refractivity contribution in [1.82, 2.24) is 4.90 Å². The fraction of sp³-hybridized carbons (Fsp3) is 0.417. The highest BCUT2D eigenvalue weighted by Gasteiger charge is 2.36. The number of fused-ring (bicyclic) bond motifs is 1. The van der Waals surface area contributed by atoms with Gasteiger partial charge in [0.1, 0.15) is 5.75 Å². The predicted octanol–water partition coefficient (Wildman–Crippen LogP) is 4.96. The van der Waals surface area contributed by atoms with Gasteiger partial charge < -0.3 is 15.0 Å². The highest BCUT2D eigenvalue weighted by Crippen LogP contribution is 2.44. The van der Waals surface area contributed by atoms with E-state index < -0.39 is 0 Å². The minimum absolute atomic E-state index is 0.0429. The maximum absolute atomic E-state index is 12.6. The number of hydrogen-bond acceptors (Lipinski definition) is 4. The number of ether oxygens (including phenoxy) is 1. The van der Waals surface area contributed by atoms with E-state index in [1.807, 2.05) is 23.1 Å². The van der Waals surface area contributed by atoms with Gasteiger partial charge in [-0.3, -0.25) is 9.59 Å². The summed E-state index contributed by atoms with van der Waals surface area (Å²) in [5, 5.41) is 3.65. The molecule has 4 rings (SSSR count). The molecular weight excluding hydrogens is 364 g/mol. The first-order chi connectivity index (χ1) is 13.9. The molecule has 2 aromatic carbocycles. The summed E-state index contributed by atoms with van der Waals surface area (Å²) < 4.78 is 5.27. The molecule has 1 amide bonds. The number of likely N-dealkylation sites (tertiary alicyclic amines) is 1. The second kappa shape index (κ2) is 7.90. The quantitative estimate of drug-likeness (QED) is 0.590. The van der Waals surface area contributed by atoms with E-state index >= 15 is 0 Å². The maximum atomic E-state index is 12.6. The number of benzene rings is 2. The third kappa shape index (κ3) is 4.00. The second-order valence-corrected chi connectivity index (χ2v) is 8.31. The van der Waals surface area contributed by atoms with Crippen molar-refractivity contribution in [2.75, 3.05) is 11.9 Å². The molecule has 5 nitrogen and oxygen atoms in total. The SMILES string of the molecule is CC(=O)Oc1cccc(C2CC(N3CCCC3=O)c3cc(C(C)C)ccc3N2)c1. The lowest BCUT2D eigenvalue weighted by Gasteiger charge is -2.38. The number of nitrogens with zero attached hydrogens (tertiary/aromatic N) is 1. The Morgan fingerprint density at radius 1 is 1.21 bits per heavy atom. The van der Waals surface area contributed by atoms with E-state index in [1.54, 1.807) is 6.07 Å². The van der Waals surface area contributed by atoms with Gasteiger partial charge in [0.25, 0.3) is 0 Å². The molecule has 29 heavy (non-hydrogen) atoms. The van der Waals surface area contributed by atoms with Gasteiger partial charge in [0.2, 0.25) is 5.91 Å². The molecule has 2 aliphatic rings. The molecule has 1 N–H and O–H groups in total. The van der Waals surface area contributed by atoms with Crippen LogP contribution in [0.3, 0.4) is 0 Å². The van der Waals surface area contributed by atoms with Crippen LogP contribution in [0.25, 0.3) is 0 Å². The molecule has 2 heterocycles. The molecular formula is C24H28N2O3. The lowest BCUT2D eigenvalue weighted by atomic mass is 9.86. The third-order valence-electron chi connectivity index (χ3n) is 5.90. The zero-order valence-corrected chi connectivity index (χ0v) is 17.3. The van der Waals surface area contributed by atoms with Crippen LogP contribution in [0.5, 0.6) is 5.75 Å². The molecule has 2 aliphatic heterocycles. The summed E-state index contributed by atoms with van der Waals surface area (Å²) in [6.07, 6.45) is 2.36. The molecule has 5 heteroatoms. The number of hydrogen-bond donors (Lipinski definition) is 1. The van der Waals surface area contributed by atoms with Gasteiger partial charge in [-0.15, -0.1) is 0 Å². The number of anilines is 1. The van der Waals surface area contributed by atoms with Gasteiger partial charge in [0.15, 0.2) is 0 Å². The molecule has 1 saturated heterocycles. The van der Waals surface area contributed by atoms with E-state index in [-0.39, 0.29) is 24.0 Å². The number of esters is 1. The fourth-order valence-corrected chi connectivity index (χ4v) is 4.42. The molecule has 0 spiro atoms. The van der Waals surface area contributed by atoms with Crippen molar-refractivity contribution in [3.8, 4) is 5.75 Å². The van der Waals surface area contributed by atoms with Gasteiger partial charge in [-0.1, -0.05) is 38.1 Å². The van der Waals surface area contributed by atoms with E-state index in [9.17, 15) is 9.59 Å². The number of amides is 1. The Balaban J connectivity index is 1.71. The van der Waals surface area contributed by atoms with Crippen molar-refractivity contribution in [2.24, 2.45) is 0 Å². The van der Waals surface area contributed by atoms with Gasteiger partial charge >= 0.3 is 5.97 Å². The predicted molar refractivity (Wildman–Crippen MR) is 113 cm³/mol. The van der Waals surface area contributed by atoms with Crippen LogP contribution in [-0.4, -0.2) is 23.3 Å². The molecule has 2 unspecified atom stereocenters. The number of carbonyl (C=O) groups excluding carboxylic acids is 2. The molecule has 0 aromatic heterocycles. The van der Waals surface area contributed by atoms with Crippen LogP contribution < -0.4 is 10.1 Å². The molecule has 152 valence electrons. The van der Waals surface area contributed by atoms with Gasteiger partial charge in [-0.25, -0.2) is 0 Å². The molecule has 0 bridgehead atoms. The van der Waals surface area contributed by atoms with Crippen molar-refractivity contribution in [3.05, 3.63) is 59.2 Å². The Labute approximate surface area is 172 Å². The summed E-state index contributed by atoms with van der Waals surface area (Å²) in [6.45, 7) is 6.60.